The van der Waals surface area contributed by atoms with Crippen molar-refractivity contribution in [3.05, 3.63) is 70.3 Å². The second-order valence-electron chi connectivity index (χ2n) is 5.16. The average Bonchev–Trinajstić information content (AvgIpc) is 2.57. The van der Waals surface area contributed by atoms with Gasteiger partial charge in [0.2, 0.25) is 0 Å². The smallest absolute Gasteiger partial charge is 0.305 e. The number of carbonyl (C=O) groups excluding carboxylic acids is 3. The Balaban J connectivity index is 1.97. The highest BCUT2D eigenvalue weighted by Gasteiger charge is 2.29. The van der Waals surface area contributed by atoms with E-state index in [0.29, 0.717) is 28.7 Å². The minimum Gasteiger partial charge on any atom is -0.469 e. The van der Waals surface area contributed by atoms with E-state index in [0.717, 1.165) is 5.56 Å². The normalized spacial score (nSPS) is 12.6. The summed E-state index contributed by atoms with van der Waals surface area (Å²) < 4.78 is 4.61. The predicted octanol–water partition coefficient (Wildman–Crippen LogP) is 2.57. The summed E-state index contributed by atoms with van der Waals surface area (Å²) in [5.74, 6) is -0.583. The number of hydrogen-bond acceptors (Lipinski definition) is 4. The highest BCUT2D eigenvalue weighted by atomic mass is 16.5. The van der Waals surface area contributed by atoms with Gasteiger partial charge in [-0.25, -0.2) is 0 Å². The van der Waals surface area contributed by atoms with Crippen molar-refractivity contribution in [2.45, 2.75) is 12.8 Å². The molecular weight excluding hydrogens is 280 g/mol. The van der Waals surface area contributed by atoms with Crippen LogP contribution in [0.1, 0.15) is 43.8 Å². The summed E-state index contributed by atoms with van der Waals surface area (Å²) >= 11 is 0. The Morgan fingerprint density at radius 1 is 0.909 bits per heavy atom. The molecule has 0 aromatic heterocycles. The molecule has 1 aliphatic carbocycles. The zero-order chi connectivity index (χ0) is 15.7. The number of aryl methyl sites for hydroxylation is 1. The molecule has 0 unspecified atom stereocenters. The van der Waals surface area contributed by atoms with Crippen molar-refractivity contribution in [2.24, 2.45) is 0 Å². The number of esters is 1. The molecule has 2 aromatic rings. The van der Waals surface area contributed by atoms with Crippen molar-refractivity contribution >= 4 is 17.5 Å². The fourth-order valence-corrected chi connectivity index (χ4v) is 2.65. The molecule has 2 aromatic carbocycles. The SMILES string of the molecule is COC(=O)CCc1ccc2c(c1)C(=O)c1ccccc1C2=O. The van der Waals surface area contributed by atoms with Gasteiger partial charge in [-0.05, 0) is 18.1 Å². The van der Waals surface area contributed by atoms with Crippen LogP contribution in [0.4, 0.5) is 0 Å². The molecule has 0 bridgehead atoms. The monoisotopic (exact) mass is 294 g/mol. The molecule has 22 heavy (non-hydrogen) atoms. The first kappa shape index (κ1) is 14.2. The summed E-state index contributed by atoms with van der Waals surface area (Å²) in [7, 11) is 1.34. The molecule has 0 heterocycles. The zero-order valence-electron chi connectivity index (χ0n) is 12.1. The van der Waals surface area contributed by atoms with Gasteiger partial charge in [-0.15, -0.1) is 0 Å². The second-order valence-corrected chi connectivity index (χ2v) is 5.16. The molecule has 0 atom stereocenters. The summed E-state index contributed by atoms with van der Waals surface area (Å²) in [5.41, 5.74) is 2.55. The third-order valence-electron chi connectivity index (χ3n) is 3.84. The van der Waals surface area contributed by atoms with Crippen LogP contribution in [0, 0.1) is 0 Å². The third-order valence-corrected chi connectivity index (χ3v) is 3.84. The highest BCUT2D eigenvalue weighted by Crippen LogP contribution is 2.28. The quantitative estimate of drug-likeness (QED) is 0.697. The van der Waals surface area contributed by atoms with Crippen LogP contribution in [0.5, 0.6) is 0 Å². The Bertz CT molecular complexity index is 789. The van der Waals surface area contributed by atoms with Crippen molar-refractivity contribution in [3.8, 4) is 0 Å². The second kappa shape index (κ2) is 5.56. The van der Waals surface area contributed by atoms with Crippen molar-refractivity contribution < 1.29 is 19.1 Å². The summed E-state index contributed by atoms with van der Waals surface area (Å²) in [4.78, 5) is 36.2. The van der Waals surface area contributed by atoms with E-state index in [1.807, 2.05) is 0 Å². The number of fused-ring (bicyclic) bond motifs is 2. The summed E-state index contributed by atoms with van der Waals surface area (Å²) in [6.45, 7) is 0. The number of carbonyl (C=O) groups is 3. The van der Waals surface area contributed by atoms with Crippen LogP contribution in [0.25, 0.3) is 0 Å². The molecular formula is C18H14O4. The number of ketones is 2. The Labute approximate surface area is 127 Å². The lowest BCUT2D eigenvalue weighted by atomic mass is 9.83. The van der Waals surface area contributed by atoms with Gasteiger partial charge in [0.25, 0.3) is 0 Å². The van der Waals surface area contributed by atoms with E-state index in [4.69, 9.17) is 0 Å². The van der Waals surface area contributed by atoms with Crippen LogP contribution in [0.2, 0.25) is 0 Å². The van der Waals surface area contributed by atoms with Crippen LogP contribution in [-0.4, -0.2) is 24.6 Å². The number of benzene rings is 2. The molecule has 0 N–H and O–H groups in total. The molecule has 0 radical (unpaired) electrons. The van der Waals surface area contributed by atoms with E-state index in [1.165, 1.54) is 7.11 Å². The number of hydrogen-bond donors (Lipinski definition) is 0. The topological polar surface area (TPSA) is 60.4 Å². The number of rotatable bonds is 3. The molecule has 0 amide bonds. The van der Waals surface area contributed by atoms with Gasteiger partial charge in [-0.1, -0.05) is 36.4 Å². The van der Waals surface area contributed by atoms with E-state index in [-0.39, 0.29) is 24.0 Å². The largest absolute Gasteiger partial charge is 0.469 e. The van der Waals surface area contributed by atoms with Crippen molar-refractivity contribution in [1.29, 1.82) is 0 Å². The van der Waals surface area contributed by atoms with Crippen molar-refractivity contribution in [3.63, 3.8) is 0 Å². The molecule has 0 spiro atoms. The van der Waals surface area contributed by atoms with Gasteiger partial charge in [0.15, 0.2) is 11.6 Å². The maximum Gasteiger partial charge on any atom is 0.305 e. The molecule has 4 heteroatoms. The Morgan fingerprint density at radius 2 is 1.50 bits per heavy atom. The van der Waals surface area contributed by atoms with E-state index in [9.17, 15) is 14.4 Å². The van der Waals surface area contributed by atoms with Gasteiger partial charge < -0.3 is 4.74 Å². The molecule has 4 nitrogen and oxygen atoms in total. The molecule has 0 saturated carbocycles. The van der Waals surface area contributed by atoms with Crippen LogP contribution >= 0.6 is 0 Å². The van der Waals surface area contributed by atoms with E-state index in [2.05, 4.69) is 4.74 Å². The van der Waals surface area contributed by atoms with Gasteiger partial charge in [-0.3, -0.25) is 14.4 Å². The number of ether oxygens (including phenoxy) is 1. The first-order valence-corrected chi connectivity index (χ1v) is 7.00. The van der Waals surface area contributed by atoms with E-state index < -0.39 is 0 Å². The molecule has 0 saturated heterocycles. The van der Waals surface area contributed by atoms with Crippen molar-refractivity contribution in [1.82, 2.24) is 0 Å². The summed E-state index contributed by atoms with van der Waals surface area (Å²) in [6.07, 6.45) is 0.719. The molecule has 1 aliphatic rings. The third kappa shape index (κ3) is 2.33. The van der Waals surface area contributed by atoms with Crippen LogP contribution in [-0.2, 0) is 16.0 Å². The van der Waals surface area contributed by atoms with Gasteiger partial charge in [0.05, 0.1) is 7.11 Å². The van der Waals surface area contributed by atoms with E-state index >= 15 is 0 Å². The maximum absolute atomic E-state index is 12.6. The molecule has 110 valence electrons. The average molecular weight is 294 g/mol. The Hall–Kier alpha value is -2.75. The van der Waals surface area contributed by atoms with Gasteiger partial charge in [-0.2, -0.15) is 0 Å². The first-order chi connectivity index (χ1) is 10.6. The van der Waals surface area contributed by atoms with Crippen LogP contribution < -0.4 is 0 Å². The minimum absolute atomic E-state index is 0.135. The standard InChI is InChI=1S/C18H14O4/c1-22-16(19)9-7-11-6-8-14-15(10-11)18(21)13-5-3-2-4-12(13)17(14)20/h2-6,8,10H,7,9H2,1H3. The van der Waals surface area contributed by atoms with Crippen LogP contribution in [0.3, 0.4) is 0 Å². The lowest BCUT2D eigenvalue weighted by molar-refractivity contribution is -0.140. The van der Waals surface area contributed by atoms with E-state index in [1.54, 1.807) is 42.5 Å². The fourth-order valence-electron chi connectivity index (χ4n) is 2.65. The predicted molar refractivity (Wildman–Crippen MR) is 80.1 cm³/mol. The van der Waals surface area contributed by atoms with Gasteiger partial charge >= 0.3 is 5.97 Å². The Kier molecular flexibility index (Phi) is 3.59. The maximum atomic E-state index is 12.6. The number of methoxy groups -OCH3 is 1. The zero-order valence-corrected chi connectivity index (χ0v) is 12.1. The first-order valence-electron chi connectivity index (χ1n) is 7.00. The molecule has 0 aliphatic heterocycles. The molecule has 0 fully saturated rings. The minimum atomic E-state index is -0.300. The molecule has 3 rings (SSSR count). The van der Waals surface area contributed by atoms with Gasteiger partial charge in [0.1, 0.15) is 0 Å². The lowest BCUT2D eigenvalue weighted by Gasteiger charge is -2.18. The summed E-state index contributed by atoms with van der Waals surface area (Å²) in [5, 5.41) is 0. The fraction of sp³-hybridized carbons (Fsp3) is 0.167. The Morgan fingerprint density at radius 3 is 2.14 bits per heavy atom. The lowest BCUT2D eigenvalue weighted by Crippen LogP contribution is -2.21. The summed E-state index contributed by atoms with van der Waals surface area (Å²) in [6, 6.07) is 12.0. The van der Waals surface area contributed by atoms with Crippen LogP contribution in [0.15, 0.2) is 42.5 Å². The van der Waals surface area contributed by atoms with Crippen molar-refractivity contribution in [2.75, 3.05) is 7.11 Å². The highest BCUT2D eigenvalue weighted by molar-refractivity contribution is 6.28. The van der Waals surface area contributed by atoms with Gasteiger partial charge in [0, 0.05) is 28.7 Å².